The largest absolute Gasteiger partial charge is 0.491 e. The van der Waals surface area contributed by atoms with Crippen LogP contribution in [0.5, 0.6) is 5.75 Å². The number of amides is 1. The van der Waals surface area contributed by atoms with E-state index in [0.717, 1.165) is 5.69 Å². The van der Waals surface area contributed by atoms with E-state index < -0.39 is 11.6 Å². The number of ether oxygens (including phenoxy) is 14. The highest BCUT2D eigenvalue weighted by atomic mass is 16.6. The molecule has 0 aliphatic carbocycles. The van der Waals surface area contributed by atoms with Crippen LogP contribution < -0.4 is 10.1 Å². The van der Waals surface area contributed by atoms with E-state index in [9.17, 15) is 9.59 Å². The lowest BCUT2D eigenvalue weighted by Crippen LogP contribution is -2.27. The highest BCUT2D eigenvalue weighted by Gasteiger charge is 2.15. The third-order valence-electron chi connectivity index (χ3n) is 6.40. The summed E-state index contributed by atoms with van der Waals surface area (Å²) in [5, 5.41) is 2.71. The highest BCUT2D eigenvalue weighted by molar-refractivity contribution is 5.88. The number of anilines is 1. The summed E-state index contributed by atoms with van der Waals surface area (Å²) in [6.07, 6.45) is 0. The van der Waals surface area contributed by atoms with Gasteiger partial charge in [0, 0.05) is 12.6 Å². The van der Waals surface area contributed by atoms with Gasteiger partial charge in [0.1, 0.15) is 24.6 Å². The molecule has 0 unspecified atom stereocenters. The minimum absolute atomic E-state index is 0.0884. The molecule has 320 valence electrons. The standard InChI is InChI=1S/C38H67NO16/c1-34(40)39-35-5-7-36(8-6-35)54-32-31-52-28-27-50-24-23-48-20-19-46-16-15-44-12-11-42-9-10-43-13-14-45-17-18-47-21-22-49-25-26-51-29-30-53-33-37(41)55-38(2,3)4/h5-8H,9-33H2,1-4H3,(H,39,40). The van der Waals surface area contributed by atoms with E-state index in [1.165, 1.54) is 6.92 Å². The fourth-order valence-electron chi connectivity index (χ4n) is 4.00. The second-order valence-electron chi connectivity index (χ2n) is 12.4. The minimum Gasteiger partial charge on any atom is -0.491 e. The van der Waals surface area contributed by atoms with Gasteiger partial charge < -0.3 is 71.6 Å². The smallest absolute Gasteiger partial charge is 0.332 e. The summed E-state index contributed by atoms with van der Waals surface area (Å²) < 4.78 is 76.2. The van der Waals surface area contributed by atoms with Crippen molar-refractivity contribution < 1.29 is 75.9 Å². The second kappa shape index (κ2) is 37.1. The molecular formula is C38H67NO16. The predicted molar refractivity (Wildman–Crippen MR) is 202 cm³/mol. The number of hydrogen-bond donors (Lipinski definition) is 1. The van der Waals surface area contributed by atoms with Crippen LogP contribution in [0, 0.1) is 0 Å². The van der Waals surface area contributed by atoms with E-state index in [1.54, 1.807) is 24.3 Å². The van der Waals surface area contributed by atoms with Crippen molar-refractivity contribution in [3.8, 4) is 5.75 Å². The second-order valence-corrected chi connectivity index (χ2v) is 12.4. The lowest BCUT2D eigenvalue weighted by molar-refractivity contribution is -0.160. The van der Waals surface area contributed by atoms with Crippen LogP contribution in [0.2, 0.25) is 0 Å². The molecule has 0 radical (unpaired) electrons. The summed E-state index contributed by atoms with van der Waals surface area (Å²) >= 11 is 0. The molecule has 1 aromatic rings. The maximum absolute atomic E-state index is 11.5. The van der Waals surface area contributed by atoms with Gasteiger partial charge in [0.15, 0.2) is 0 Å². The minimum atomic E-state index is -0.516. The molecule has 0 aliphatic heterocycles. The Morgan fingerprint density at radius 2 is 0.709 bits per heavy atom. The summed E-state index contributed by atoms with van der Waals surface area (Å²) in [5.41, 5.74) is 0.211. The van der Waals surface area contributed by atoms with Crippen molar-refractivity contribution in [2.24, 2.45) is 0 Å². The zero-order chi connectivity index (χ0) is 39.9. The van der Waals surface area contributed by atoms with Crippen LogP contribution in [0.3, 0.4) is 0 Å². The average molecular weight is 794 g/mol. The van der Waals surface area contributed by atoms with Gasteiger partial charge in [-0.2, -0.15) is 0 Å². The molecule has 0 saturated heterocycles. The highest BCUT2D eigenvalue weighted by Crippen LogP contribution is 2.15. The number of hydrogen-bond acceptors (Lipinski definition) is 16. The first-order valence-electron chi connectivity index (χ1n) is 18.9. The molecular weight excluding hydrogens is 726 g/mol. The lowest BCUT2D eigenvalue weighted by atomic mass is 10.2. The van der Waals surface area contributed by atoms with Gasteiger partial charge >= 0.3 is 5.97 Å². The monoisotopic (exact) mass is 793 g/mol. The number of nitrogens with one attached hydrogen (secondary N) is 1. The van der Waals surface area contributed by atoms with Crippen molar-refractivity contribution in [2.75, 3.05) is 170 Å². The number of carbonyl (C=O) groups is 2. The van der Waals surface area contributed by atoms with E-state index in [1.807, 2.05) is 20.8 Å². The van der Waals surface area contributed by atoms with Crippen molar-refractivity contribution in [1.82, 2.24) is 0 Å². The van der Waals surface area contributed by atoms with Gasteiger partial charge in [-0.15, -0.1) is 0 Å². The first-order chi connectivity index (χ1) is 26.8. The van der Waals surface area contributed by atoms with Crippen LogP contribution in [-0.2, 0) is 71.2 Å². The third kappa shape index (κ3) is 38.1. The first-order valence-corrected chi connectivity index (χ1v) is 18.9. The summed E-state index contributed by atoms with van der Waals surface area (Å²) in [5.74, 6) is 0.209. The maximum atomic E-state index is 11.5. The van der Waals surface area contributed by atoms with Crippen LogP contribution in [0.15, 0.2) is 24.3 Å². The van der Waals surface area contributed by atoms with Gasteiger partial charge in [0.05, 0.1) is 152 Å². The van der Waals surface area contributed by atoms with Gasteiger partial charge in [0.25, 0.3) is 0 Å². The number of rotatable bonds is 40. The molecule has 1 aromatic carbocycles. The topological polar surface area (TPSA) is 175 Å². The Morgan fingerprint density at radius 3 is 0.982 bits per heavy atom. The zero-order valence-corrected chi connectivity index (χ0v) is 33.5. The van der Waals surface area contributed by atoms with Crippen LogP contribution in [-0.4, -0.2) is 183 Å². The van der Waals surface area contributed by atoms with Gasteiger partial charge in [0.2, 0.25) is 5.91 Å². The quantitative estimate of drug-likeness (QED) is 0.0758. The Morgan fingerprint density at radius 1 is 0.436 bits per heavy atom. The lowest BCUT2D eigenvalue weighted by Gasteiger charge is -2.19. The van der Waals surface area contributed by atoms with Gasteiger partial charge in [-0.05, 0) is 45.0 Å². The van der Waals surface area contributed by atoms with E-state index in [4.69, 9.17) is 66.3 Å². The molecule has 0 saturated carbocycles. The molecule has 0 bridgehead atoms. The molecule has 0 aromatic heterocycles. The van der Waals surface area contributed by atoms with Crippen LogP contribution in [0.25, 0.3) is 0 Å². The Kier molecular flexibility index (Phi) is 34.0. The van der Waals surface area contributed by atoms with Crippen molar-refractivity contribution in [1.29, 1.82) is 0 Å². The zero-order valence-electron chi connectivity index (χ0n) is 33.5. The Labute approximate surface area is 327 Å². The molecule has 1 rings (SSSR count). The molecule has 17 heteroatoms. The Bertz CT molecular complexity index is 1010. The average Bonchev–Trinajstić information content (AvgIpc) is 3.14. The number of carbonyl (C=O) groups excluding carboxylic acids is 2. The number of esters is 1. The molecule has 0 spiro atoms. The third-order valence-corrected chi connectivity index (χ3v) is 6.40. The molecule has 0 heterocycles. The summed E-state index contributed by atoms with van der Waals surface area (Å²) in [7, 11) is 0. The molecule has 0 atom stereocenters. The molecule has 0 fully saturated rings. The SMILES string of the molecule is CC(=O)Nc1ccc(OCCOCCOCCOCCOCCOCCOCCOCCOCCOCCOCCOCCOCC(=O)OC(C)(C)C)cc1. The van der Waals surface area contributed by atoms with Crippen molar-refractivity contribution in [2.45, 2.75) is 33.3 Å². The molecule has 17 nitrogen and oxygen atoms in total. The first kappa shape index (κ1) is 50.5. The maximum Gasteiger partial charge on any atom is 0.332 e. The van der Waals surface area contributed by atoms with Gasteiger partial charge in [-0.25, -0.2) is 4.79 Å². The number of benzene rings is 1. The summed E-state index contributed by atoms with van der Waals surface area (Å²) in [6, 6.07) is 7.16. The van der Waals surface area contributed by atoms with Crippen LogP contribution in [0.1, 0.15) is 27.7 Å². The van der Waals surface area contributed by atoms with Crippen molar-refractivity contribution in [3.05, 3.63) is 24.3 Å². The molecule has 1 N–H and O–H groups in total. The van der Waals surface area contributed by atoms with Crippen LogP contribution in [0.4, 0.5) is 5.69 Å². The van der Waals surface area contributed by atoms with Crippen LogP contribution >= 0.6 is 0 Å². The van der Waals surface area contributed by atoms with Crippen molar-refractivity contribution >= 4 is 17.6 Å². The summed E-state index contributed by atoms with van der Waals surface area (Å²) in [6.45, 7) is 17.9. The van der Waals surface area contributed by atoms with E-state index >= 15 is 0 Å². The Balaban J connectivity index is 1.65. The van der Waals surface area contributed by atoms with Crippen molar-refractivity contribution in [3.63, 3.8) is 0 Å². The molecule has 0 aliphatic rings. The predicted octanol–water partition coefficient (Wildman–Crippen LogP) is 2.56. The van der Waals surface area contributed by atoms with Gasteiger partial charge in [-0.3, -0.25) is 4.79 Å². The van der Waals surface area contributed by atoms with Gasteiger partial charge in [-0.1, -0.05) is 0 Å². The molecule has 55 heavy (non-hydrogen) atoms. The fraction of sp³-hybridized carbons (Fsp3) is 0.789. The Hall–Kier alpha value is -2.52. The van der Waals surface area contributed by atoms with E-state index in [2.05, 4.69) is 5.32 Å². The molecule has 1 amide bonds. The van der Waals surface area contributed by atoms with E-state index in [-0.39, 0.29) is 12.5 Å². The van der Waals surface area contributed by atoms with E-state index in [0.29, 0.717) is 164 Å². The summed E-state index contributed by atoms with van der Waals surface area (Å²) in [4.78, 5) is 22.6. The fourth-order valence-corrected chi connectivity index (χ4v) is 4.00. The normalized spacial score (nSPS) is 11.6.